The smallest absolute Gasteiger partial charge is 0.173 e. The van der Waals surface area contributed by atoms with Gasteiger partial charge in [0, 0.05) is 5.92 Å². The van der Waals surface area contributed by atoms with Gasteiger partial charge in [0.2, 0.25) is 0 Å². The van der Waals surface area contributed by atoms with Crippen LogP contribution in [0.25, 0.3) is 0 Å². The van der Waals surface area contributed by atoms with E-state index in [4.69, 9.17) is 16.3 Å². The summed E-state index contributed by atoms with van der Waals surface area (Å²) in [4.78, 5) is 11.9. The Morgan fingerprint density at radius 3 is 2.72 bits per heavy atom. The lowest BCUT2D eigenvalue weighted by atomic mass is 9.86. The van der Waals surface area contributed by atoms with Gasteiger partial charge >= 0.3 is 0 Å². The number of carbonyl (C=O) groups is 1. The van der Waals surface area contributed by atoms with E-state index in [0.717, 1.165) is 25.7 Å². The van der Waals surface area contributed by atoms with Crippen LogP contribution in [0.5, 0.6) is 5.75 Å². The number of rotatable bonds is 4. The number of carbonyl (C=O) groups excluding carboxylic acids is 1. The van der Waals surface area contributed by atoms with Gasteiger partial charge < -0.3 is 4.74 Å². The molecule has 1 aliphatic rings. The van der Waals surface area contributed by atoms with Gasteiger partial charge in [0.15, 0.2) is 5.78 Å². The van der Waals surface area contributed by atoms with Crippen molar-refractivity contribution in [3.63, 3.8) is 0 Å². The highest BCUT2D eigenvalue weighted by atomic mass is 35.5. The molecule has 0 bridgehead atoms. The fourth-order valence-corrected chi connectivity index (χ4v) is 2.51. The first-order valence-corrected chi connectivity index (χ1v) is 6.65. The summed E-state index contributed by atoms with van der Waals surface area (Å²) >= 11 is 5.82. The Hall–Kier alpha value is -1.09. The van der Waals surface area contributed by atoms with Crippen molar-refractivity contribution < 1.29 is 13.9 Å². The molecule has 1 saturated carbocycles. The average molecular weight is 271 g/mol. The van der Waals surface area contributed by atoms with Crippen molar-refractivity contribution in [3.8, 4) is 5.75 Å². The Labute approximate surface area is 111 Å². The van der Waals surface area contributed by atoms with Gasteiger partial charge in [-0.3, -0.25) is 4.79 Å². The topological polar surface area (TPSA) is 26.3 Å². The zero-order valence-electron chi connectivity index (χ0n) is 10.1. The summed E-state index contributed by atoms with van der Waals surface area (Å²) in [7, 11) is 0. The molecule has 1 aliphatic carbocycles. The molecule has 0 N–H and O–H groups in total. The summed E-state index contributed by atoms with van der Waals surface area (Å²) in [6.45, 7) is 0.0238. The van der Waals surface area contributed by atoms with E-state index in [-0.39, 0.29) is 23.3 Å². The number of hydrogen-bond acceptors (Lipinski definition) is 2. The number of halogens is 2. The van der Waals surface area contributed by atoms with Gasteiger partial charge in [-0.1, -0.05) is 30.9 Å². The number of benzene rings is 1. The molecule has 18 heavy (non-hydrogen) atoms. The minimum absolute atomic E-state index is 0.0238. The van der Waals surface area contributed by atoms with Crippen LogP contribution in [-0.4, -0.2) is 12.4 Å². The van der Waals surface area contributed by atoms with Gasteiger partial charge in [0.05, 0.1) is 5.02 Å². The van der Waals surface area contributed by atoms with Crippen LogP contribution in [0.1, 0.15) is 32.1 Å². The molecule has 98 valence electrons. The zero-order valence-corrected chi connectivity index (χ0v) is 10.9. The number of ether oxygens (including phenoxy) is 1. The number of ketones is 1. The molecule has 1 fully saturated rings. The van der Waals surface area contributed by atoms with Crippen molar-refractivity contribution in [2.24, 2.45) is 5.92 Å². The van der Waals surface area contributed by atoms with Crippen molar-refractivity contribution in [3.05, 3.63) is 29.0 Å². The Balaban J connectivity index is 1.88. The molecule has 2 nitrogen and oxygen atoms in total. The molecule has 0 spiro atoms. The van der Waals surface area contributed by atoms with Crippen molar-refractivity contribution in [2.75, 3.05) is 6.61 Å². The summed E-state index contributed by atoms with van der Waals surface area (Å²) in [6.07, 6.45) is 5.37. The van der Waals surface area contributed by atoms with Crippen LogP contribution in [0, 0.1) is 11.7 Å². The SMILES string of the molecule is O=C(COc1ccc(F)cc1Cl)C1CCCCC1. The third-order valence-electron chi connectivity index (χ3n) is 3.32. The summed E-state index contributed by atoms with van der Waals surface area (Å²) < 4.78 is 18.2. The molecular weight excluding hydrogens is 255 g/mol. The molecular formula is C14H16ClFO2. The minimum atomic E-state index is -0.411. The molecule has 2 rings (SSSR count). The molecule has 4 heteroatoms. The van der Waals surface area contributed by atoms with Gasteiger partial charge in [-0.2, -0.15) is 0 Å². The molecule has 0 aromatic heterocycles. The Bertz CT molecular complexity index is 428. The van der Waals surface area contributed by atoms with Crippen molar-refractivity contribution in [1.82, 2.24) is 0 Å². The van der Waals surface area contributed by atoms with Crippen LogP contribution in [0.4, 0.5) is 4.39 Å². The van der Waals surface area contributed by atoms with E-state index in [0.29, 0.717) is 5.75 Å². The lowest BCUT2D eigenvalue weighted by molar-refractivity contribution is -0.125. The van der Waals surface area contributed by atoms with E-state index in [1.165, 1.54) is 24.6 Å². The van der Waals surface area contributed by atoms with Crippen LogP contribution >= 0.6 is 11.6 Å². The zero-order chi connectivity index (χ0) is 13.0. The molecule has 0 radical (unpaired) electrons. The molecule has 0 unspecified atom stereocenters. The Kier molecular flexibility index (Phi) is 4.59. The van der Waals surface area contributed by atoms with E-state index >= 15 is 0 Å². The highest BCUT2D eigenvalue weighted by molar-refractivity contribution is 6.32. The van der Waals surface area contributed by atoms with Gasteiger partial charge in [-0.15, -0.1) is 0 Å². The van der Waals surface area contributed by atoms with E-state index in [1.54, 1.807) is 0 Å². The Morgan fingerprint density at radius 1 is 1.33 bits per heavy atom. The van der Waals surface area contributed by atoms with Crippen LogP contribution in [0.15, 0.2) is 18.2 Å². The molecule has 1 aromatic rings. The third kappa shape index (κ3) is 3.45. The monoisotopic (exact) mass is 270 g/mol. The van der Waals surface area contributed by atoms with E-state index in [9.17, 15) is 9.18 Å². The maximum atomic E-state index is 12.8. The highest BCUT2D eigenvalue weighted by Gasteiger charge is 2.21. The van der Waals surface area contributed by atoms with Crippen LogP contribution in [0.3, 0.4) is 0 Å². The highest BCUT2D eigenvalue weighted by Crippen LogP contribution is 2.27. The Morgan fingerprint density at radius 2 is 2.06 bits per heavy atom. The summed E-state index contributed by atoms with van der Waals surface area (Å²) in [5.74, 6) is 0.196. The lowest BCUT2D eigenvalue weighted by Crippen LogP contribution is -2.23. The second-order valence-corrected chi connectivity index (χ2v) is 5.07. The molecule has 0 heterocycles. The maximum Gasteiger partial charge on any atom is 0.173 e. The molecule has 0 saturated heterocycles. The number of hydrogen-bond donors (Lipinski definition) is 0. The standard InChI is InChI=1S/C14H16ClFO2/c15-12-8-11(16)6-7-14(12)18-9-13(17)10-4-2-1-3-5-10/h6-8,10H,1-5,9H2. The average Bonchev–Trinajstić information content (AvgIpc) is 2.38. The normalized spacial score (nSPS) is 16.6. The van der Waals surface area contributed by atoms with Crippen molar-refractivity contribution >= 4 is 17.4 Å². The van der Waals surface area contributed by atoms with Gasteiger partial charge in [-0.05, 0) is 31.0 Å². The van der Waals surface area contributed by atoms with Crippen LogP contribution in [0.2, 0.25) is 5.02 Å². The van der Waals surface area contributed by atoms with E-state index < -0.39 is 5.82 Å². The second-order valence-electron chi connectivity index (χ2n) is 4.66. The fourth-order valence-electron chi connectivity index (χ4n) is 2.28. The summed E-state index contributed by atoms with van der Waals surface area (Å²) in [5.41, 5.74) is 0. The first-order chi connectivity index (χ1) is 8.66. The molecule has 0 aliphatic heterocycles. The minimum Gasteiger partial charge on any atom is -0.484 e. The van der Waals surface area contributed by atoms with Gasteiger partial charge in [0.1, 0.15) is 18.2 Å². The van der Waals surface area contributed by atoms with E-state index in [2.05, 4.69) is 0 Å². The third-order valence-corrected chi connectivity index (χ3v) is 3.62. The number of Topliss-reactive ketones (excluding diaryl/α,β-unsaturated/α-hetero) is 1. The second kappa shape index (κ2) is 6.19. The largest absolute Gasteiger partial charge is 0.484 e. The maximum absolute atomic E-state index is 12.8. The van der Waals surface area contributed by atoms with E-state index in [1.807, 2.05) is 0 Å². The lowest BCUT2D eigenvalue weighted by Gasteiger charge is -2.20. The van der Waals surface area contributed by atoms with Gasteiger partial charge in [0.25, 0.3) is 0 Å². The first kappa shape index (κ1) is 13.3. The molecule has 0 amide bonds. The molecule has 1 aromatic carbocycles. The summed E-state index contributed by atoms with van der Waals surface area (Å²) in [5, 5.41) is 0.200. The molecule has 0 atom stereocenters. The quantitative estimate of drug-likeness (QED) is 0.826. The first-order valence-electron chi connectivity index (χ1n) is 6.27. The predicted octanol–water partition coefficient (Wildman–Crippen LogP) is 4.01. The van der Waals surface area contributed by atoms with Crippen molar-refractivity contribution in [2.45, 2.75) is 32.1 Å². The van der Waals surface area contributed by atoms with Crippen molar-refractivity contribution in [1.29, 1.82) is 0 Å². The fraction of sp³-hybridized carbons (Fsp3) is 0.500. The summed E-state index contributed by atoms with van der Waals surface area (Å²) in [6, 6.07) is 3.90. The van der Waals surface area contributed by atoms with Crippen LogP contribution < -0.4 is 4.74 Å². The van der Waals surface area contributed by atoms with Gasteiger partial charge in [-0.25, -0.2) is 4.39 Å². The predicted molar refractivity (Wildman–Crippen MR) is 68.5 cm³/mol. The van der Waals surface area contributed by atoms with Crippen LogP contribution in [-0.2, 0) is 4.79 Å².